The largest absolute Gasteiger partial charge is 0.334 e. The Hall–Kier alpha value is -2.29. The van der Waals surface area contributed by atoms with Crippen LogP contribution in [-0.2, 0) is 12.1 Å². The van der Waals surface area contributed by atoms with Crippen molar-refractivity contribution in [1.29, 1.82) is 0 Å². The van der Waals surface area contributed by atoms with Gasteiger partial charge in [0.15, 0.2) is 0 Å². The molecular formula is C18H20N2O. The van der Waals surface area contributed by atoms with Crippen LogP contribution >= 0.6 is 0 Å². The van der Waals surface area contributed by atoms with Crippen molar-refractivity contribution in [3.05, 3.63) is 71.3 Å². The lowest BCUT2D eigenvalue weighted by molar-refractivity contribution is 0.235. The van der Waals surface area contributed by atoms with Crippen LogP contribution < -0.4 is 10.6 Å². The van der Waals surface area contributed by atoms with E-state index in [4.69, 9.17) is 0 Å². The summed E-state index contributed by atoms with van der Waals surface area (Å²) in [5, 5.41) is 6.08. The first-order valence-corrected chi connectivity index (χ1v) is 7.36. The van der Waals surface area contributed by atoms with Gasteiger partial charge in [0.2, 0.25) is 0 Å². The Morgan fingerprint density at radius 3 is 2.38 bits per heavy atom. The van der Waals surface area contributed by atoms with Gasteiger partial charge in [-0.05, 0) is 36.5 Å². The molecule has 0 radical (unpaired) electrons. The van der Waals surface area contributed by atoms with E-state index in [1.807, 2.05) is 36.4 Å². The minimum absolute atomic E-state index is 0.0976. The highest BCUT2D eigenvalue weighted by molar-refractivity contribution is 5.75. The van der Waals surface area contributed by atoms with Gasteiger partial charge < -0.3 is 10.6 Å². The number of hydrogen-bond donors (Lipinski definition) is 2. The summed E-state index contributed by atoms with van der Waals surface area (Å²) in [5.74, 6) is 0. The third-order valence-electron chi connectivity index (χ3n) is 4.13. The van der Waals surface area contributed by atoms with Gasteiger partial charge in [-0.1, -0.05) is 54.6 Å². The summed E-state index contributed by atoms with van der Waals surface area (Å²) in [4.78, 5) is 12.1. The molecule has 1 saturated carbocycles. The molecule has 0 aliphatic heterocycles. The van der Waals surface area contributed by atoms with Gasteiger partial charge in [-0.25, -0.2) is 4.79 Å². The van der Waals surface area contributed by atoms with Gasteiger partial charge in [-0.3, -0.25) is 0 Å². The zero-order valence-corrected chi connectivity index (χ0v) is 12.2. The van der Waals surface area contributed by atoms with Crippen molar-refractivity contribution in [3.63, 3.8) is 0 Å². The molecule has 0 atom stereocenters. The Balaban J connectivity index is 1.59. The van der Waals surface area contributed by atoms with E-state index in [2.05, 4.69) is 35.8 Å². The highest BCUT2D eigenvalue weighted by Crippen LogP contribution is 2.45. The molecule has 1 fully saturated rings. The first-order valence-electron chi connectivity index (χ1n) is 7.36. The highest BCUT2D eigenvalue weighted by Gasteiger charge is 2.45. The van der Waals surface area contributed by atoms with Crippen LogP contribution in [0, 0.1) is 6.92 Å². The predicted octanol–water partition coefficient (Wildman–Crippen LogP) is 3.48. The minimum atomic E-state index is -0.156. The average Bonchev–Trinajstić information content (AvgIpc) is 3.28. The topological polar surface area (TPSA) is 41.1 Å². The Kier molecular flexibility index (Phi) is 3.65. The zero-order valence-electron chi connectivity index (χ0n) is 12.2. The van der Waals surface area contributed by atoms with E-state index in [1.54, 1.807) is 0 Å². The average molecular weight is 280 g/mol. The summed E-state index contributed by atoms with van der Waals surface area (Å²) in [7, 11) is 0. The summed E-state index contributed by atoms with van der Waals surface area (Å²) in [5.41, 5.74) is 3.38. The number of amides is 2. The molecule has 0 spiro atoms. The van der Waals surface area contributed by atoms with E-state index in [0.717, 1.165) is 18.4 Å². The molecule has 0 heterocycles. The molecule has 21 heavy (non-hydrogen) atoms. The number of aryl methyl sites for hydroxylation is 1. The number of carbonyl (C=O) groups excluding carboxylic acids is 1. The first kappa shape index (κ1) is 13.7. The van der Waals surface area contributed by atoms with Gasteiger partial charge in [-0.15, -0.1) is 0 Å². The highest BCUT2D eigenvalue weighted by atomic mass is 16.2. The van der Waals surface area contributed by atoms with Crippen molar-refractivity contribution in [2.24, 2.45) is 0 Å². The summed E-state index contributed by atoms with van der Waals surface area (Å²) < 4.78 is 0. The molecule has 0 aromatic heterocycles. The van der Waals surface area contributed by atoms with E-state index in [9.17, 15) is 4.79 Å². The molecule has 3 nitrogen and oxygen atoms in total. The lowest BCUT2D eigenvalue weighted by Crippen LogP contribution is -2.42. The van der Waals surface area contributed by atoms with Crippen LogP contribution in [0.5, 0.6) is 0 Å². The van der Waals surface area contributed by atoms with Crippen LogP contribution in [0.2, 0.25) is 0 Å². The number of urea groups is 1. The quantitative estimate of drug-likeness (QED) is 0.884. The zero-order chi connectivity index (χ0) is 14.7. The molecule has 0 unspecified atom stereocenters. The van der Waals surface area contributed by atoms with E-state index in [1.165, 1.54) is 11.1 Å². The number of hydrogen-bond acceptors (Lipinski definition) is 1. The van der Waals surface area contributed by atoms with Crippen LogP contribution in [0.15, 0.2) is 54.6 Å². The monoisotopic (exact) mass is 280 g/mol. The van der Waals surface area contributed by atoms with Gasteiger partial charge in [0.1, 0.15) is 0 Å². The van der Waals surface area contributed by atoms with Crippen molar-refractivity contribution in [3.8, 4) is 0 Å². The third-order valence-corrected chi connectivity index (χ3v) is 4.13. The Morgan fingerprint density at radius 1 is 1.05 bits per heavy atom. The van der Waals surface area contributed by atoms with Gasteiger partial charge in [0.05, 0.1) is 5.54 Å². The second-order valence-electron chi connectivity index (χ2n) is 5.68. The molecule has 2 aromatic carbocycles. The molecule has 2 amide bonds. The predicted molar refractivity (Wildman–Crippen MR) is 83.9 cm³/mol. The van der Waals surface area contributed by atoms with Crippen molar-refractivity contribution in [2.75, 3.05) is 0 Å². The van der Waals surface area contributed by atoms with Crippen LogP contribution in [0.3, 0.4) is 0 Å². The van der Waals surface area contributed by atoms with Gasteiger partial charge >= 0.3 is 6.03 Å². The third kappa shape index (κ3) is 3.07. The van der Waals surface area contributed by atoms with Gasteiger partial charge in [-0.2, -0.15) is 0 Å². The summed E-state index contributed by atoms with van der Waals surface area (Å²) in [6, 6.07) is 18.2. The number of carbonyl (C=O) groups is 1. The molecule has 1 aliphatic rings. The van der Waals surface area contributed by atoms with Gasteiger partial charge in [0.25, 0.3) is 0 Å². The lowest BCUT2D eigenvalue weighted by Gasteiger charge is -2.18. The summed E-state index contributed by atoms with van der Waals surface area (Å²) in [6.45, 7) is 2.62. The Labute approximate surface area is 125 Å². The second-order valence-corrected chi connectivity index (χ2v) is 5.68. The normalized spacial score (nSPS) is 15.3. The Morgan fingerprint density at radius 2 is 1.71 bits per heavy atom. The maximum absolute atomic E-state index is 12.1. The van der Waals surface area contributed by atoms with Crippen LogP contribution in [0.4, 0.5) is 4.79 Å². The summed E-state index contributed by atoms with van der Waals surface area (Å²) >= 11 is 0. The molecule has 3 heteroatoms. The standard InChI is InChI=1S/C18H20N2O/c1-14-7-5-6-8-15(14)13-19-17(21)20-18(11-12-18)16-9-3-2-4-10-16/h2-10H,11-13H2,1H3,(H2,19,20,21). The van der Waals surface area contributed by atoms with Crippen LogP contribution in [0.1, 0.15) is 29.5 Å². The second kappa shape index (κ2) is 5.60. The fourth-order valence-electron chi connectivity index (χ4n) is 2.61. The Bertz CT molecular complexity index is 633. The van der Waals surface area contributed by atoms with Crippen molar-refractivity contribution in [2.45, 2.75) is 31.8 Å². The van der Waals surface area contributed by atoms with E-state index < -0.39 is 0 Å². The van der Waals surface area contributed by atoms with Gasteiger partial charge in [0, 0.05) is 6.54 Å². The molecular weight excluding hydrogens is 260 g/mol. The van der Waals surface area contributed by atoms with Crippen LogP contribution in [-0.4, -0.2) is 6.03 Å². The first-order chi connectivity index (χ1) is 10.2. The maximum Gasteiger partial charge on any atom is 0.315 e. The van der Waals surface area contributed by atoms with Crippen molar-refractivity contribution in [1.82, 2.24) is 10.6 Å². The van der Waals surface area contributed by atoms with E-state index >= 15 is 0 Å². The van der Waals surface area contributed by atoms with Crippen molar-refractivity contribution < 1.29 is 4.79 Å². The molecule has 108 valence electrons. The summed E-state index contributed by atoms with van der Waals surface area (Å²) in [6.07, 6.45) is 2.02. The SMILES string of the molecule is Cc1ccccc1CNC(=O)NC1(c2ccccc2)CC1. The van der Waals surface area contributed by atoms with Crippen LogP contribution in [0.25, 0.3) is 0 Å². The van der Waals surface area contributed by atoms with Crippen molar-refractivity contribution >= 4 is 6.03 Å². The molecule has 2 N–H and O–H groups in total. The van der Waals surface area contributed by atoms with E-state index in [-0.39, 0.29) is 11.6 Å². The van der Waals surface area contributed by atoms with E-state index in [0.29, 0.717) is 6.54 Å². The molecule has 3 rings (SSSR count). The number of rotatable bonds is 4. The minimum Gasteiger partial charge on any atom is -0.334 e. The molecule has 0 saturated heterocycles. The molecule has 0 bridgehead atoms. The molecule has 2 aromatic rings. The fraction of sp³-hybridized carbons (Fsp3) is 0.278. The molecule has 1 aliphatic carbocycles. The number of benzene rings is 2. The lowest BCUT2D eigenvalue weighted by atomic mass is 10.1. The number of nitrogens with one attached hydrogen (secondary N) is 2. The maximum atomic E-state index is 12.1. The fourth-order valence-corrected chi connectivity index (χ4v) is 2.61. The smallest absolute Gasteiger partial charge is 0.315 e.